The average molecular weight is 282 g/mol. The van der Waals surface area contributed by atoms with E-state index in [-0.39, 0.29) is 0 Å². The predicted octanol–water partition coefficient (Wildman–Crippen LogP) is 3.15. The number of nitrogens with zero attached hydrogens (tertiary/aromatic N) is 1. The average Bonchev–Trinajstić information content (AvgIpc) is 2.56. The normalized spacial score (nSPS) is 18.4. The minimum atomic E-state index is 0.559. The van der Waals surface area contributed by atoms with Gasteiger partial charge in [-0.05, 0) is 49.2 Å². The number of methoxy groups -OCH3 is 1. The summed E-state index contributed by atoms with van der Waals surface area (Å²) in [5.74, 6) is 1.46. The Morgan fingerprint density at radius 3 is 2.95 bits per heavy atom. The molecule has 0 bridgehead atoms. The van der Waals surface area contributed by atoms with Crippen molar-refractivity contribution in [2.24, 2.45) is 0 Å². The molecule has 3 nitrogen and oxygen atoms in total. The number of nitrogens with one attached hydrogen (secondary N) is 1. The summed E-state index contributed by atoms with van der Waals surface area (Å²) in [5, 5.41) is 3.46. The molecule has 0 amide bonds. The summed E-state index contributed by atoms with van der Waals surface area (Å²) in [6.07, 6.45) is 3.33. The maximum absolute atomic E-state index is 5.28. The van der Waals surface area contributed by atoms with E-state index in [4.69, 9.17) is 9.72 Å². The van der Waals surface area contributed by atoms with Crippen LogP contribution in [0.3, 0.4) is 0 Å². The van der Waals surface area contributed by atoms with Crippen LogP contribution in [0.2, 0.25) is 0 Å². The number of ether oxygens (including phenoxy) is 1. The van der Waals surface area contributed by atoms with Crippen molar-refractivity contribution < 1.29 is 4.74 Å². The summed E-state index contributed by atoms with van der Waals surface area (Å²) in [5.41, 5.74) is 3.59. The molecule has 1 aliphatic rings. The van der Waals surface area contributed by atoms with Crippen LogP contribution in [0.15, 0.2) is 42.5 Å². The van der Waals surface area contributed by atoms with Crippen LogP contribution in [-0.4, -0.2) is 25.2 Å². The van der Waals surface area contributed by atoms with Crippen molar-refractivity contribution >= 4 is 0 Å². The van der Waals surface area contributed by atoms with Gasteiger partial charge in [0.1, 0.15) is 5.75 Å². The largest absolute Gasteiger partial charge is 0.497 e. The Kier molecular flexibility index (Phi) is 4.51. The third kappa shape index (κ3) is 3.61. The van der Waals surface area contributed by atoms with E-state index < -0.39 is 0 Å². The third-order valence-corrected chi connectivity index (χ3v) is 4.06. The Labute approximate surface area is 126 Å². The van der Waals surface area contributed by atoms with Gasteiger partial charge in [0.15, 0.2) is 0 Å². The topological polar surface area (TPSA) is 34.1 Å². The van der Waals surface area contributed by atoms with Crippen LogP contribution in [0.1, 0.15) is 35.7 Å². The molecule has 21 heavy (non-hydrogen) atoms. The van der Waals surface area contributed by atoms with Crippen molar-refractivity contribution in [3.8, 4) is 5.75 Å². The molecule has 0 spiro atoms. The molecule has 0 saturated carbocycles. The second-order valence-electron chi connectivity index (χ2n) is 5.63. The van der Waals surface area contributed by atoms with Gasteiger partial charge in [-0.1, -0.05) is 18.2 Å². The molecule has 1 aromatic carbocycles. The second-order valence-corrected chi connectivity index (χ2v) is 5.63. The Bertz CT molecular complexity index is 591. The van der Waals surface area contributed by atoms with Gasteiger partial charge in [-0.25, -0.2) is 0 Å². The van der Waals surface area contributed by atoms with Gasteiger partial charge in [0, 0.05) is 30.3 Å². The van der Waals surface area contributed by atoms with Gasteiger partial charge in [0.05, 0.1) is 7.11 Å². The molecule has 0 aliphatic carbocycles. The molecule has 1 fully saturated rings. The Morgan fingerprint density at radius 1 is 1.24 bits per heavy atom. The van der Waals surface area contributed by atoms with Gasteiger partial charge in [0.2, 0.25) is 0 Å². The first-order valence-electron chi connectivity index (χ1n) is 7.64. The summed E-state index contributed by atoms with van der Waals surface area (Å²) in [4.78, 5) is 4.87. The molecule has 110 valence electrons. The molecule has 0 unspecified atom stereocenters. The highest BCUT2D eigenvalue weighted by Gasteiger charge is 2.16. The number of pyridine rings is 1. The van der Waals surface area contributed by atoms with Crippen LogP contribution in [0, 0.1) is 0 Å². The van der Waals surface area contributed by atoms with Crippen LogP contribution in [-0.2, 0) is 6.42 Å². The van der Waals surface area contributed by atoms with Crippen molar-refractivity contribution in [1.29, 1.82) is 0 Å². The number of rotatable bonds is 4. The van der Waals surface area contributed by atoms with Gasteiger partial charge in [-0.15, -0.1) is 0 Å². The third-order valence-electron chi connectivity index (χ3n) is 4.06. The van der Waals surface area contributed by atoms with Crippen molar-refractivity contribution in [3.05, 3.63) is 59.4 Å². The van der Waals surface area contributed by atoms with Gasteiger partial charge in [-0.2, -0.15) is 0 Å². The van der Waals surface area contributed by atoms with Crippen molar-refractivity contribution in [3.63, 3.8) is 0 Å². The van der Waals surface area contributed by atoms with Crippen LogP contribution in [0.25, 0.3) is 0 Å². The molecular formula is C18H22N2O. The lowest BCUT2D eigenvalue weighted by Crippen LogP contribution is -2.28. The van der Waals surface area contributed by atoms with E-state index in [2.05, 4.69) is 35.6 Å². The standard InChI is InChI=1S/C18H22N2O/c1-21-17-8-2-5-14(12-17)11-16-7-3-9-18(20-16)15-6-4-10-19-13-15/h2-3,5,7-9,12,15,19H,4,6,10-11,13H2,1H3/t15-/m0/s1. The number of hydrogen-bond donors (Lipinski definition) is 1. The first-order chi connectivity index (χ1) is 10.3. The maximum Gasteiger partial charge on any atom is 0.119 e. The molecule has 1 saturated heterocycles. The molecule has 1 aliphatic heterocycles. The van der Waals surface area contributed by atoms with E-state index >= 15 is 0 Å². The smallest absolute Gasteiger partial charge is 0.119 e. The molecule has 2 aromatic rings. The quantitative estimate of drug-likeness (QED) is 0.935. The highest BCUT2D eigenvalue weighted by Crippen LogP contribution is 2.22. The molecule has 1 aromatic heterocycles. The molecule has 1 N–H and O–H groups in total. The molecule has 3 heteroatoms. The highest BCUT2D eigenvalue weighted by atomic mass is 16.5. The van der Waals surface area contributed by atoms with E-state index in [1.165, 1.54) is 24.1 Å². The fraction of sp³-hybridized carbons (Fsp3) is 0.389. The van der Waals surface area contributed by atoms with Crippen LogP contribution in [0.4, 0.5) is 0 Å². The summed E-state index contributed by atoms with van der Waals surface area (Å²) < 4.78 is 5.28. The van der Waals surface area contributed by atoms with Crippen molar-refractivity contribution in [2.45, 2.75) is 25.2 Å². The number of benzene rings is 1. The lowest BCUT2D eigenvalue weighted by atomic mass is 9.95. The van der Waals surface area contributed by atoms with E-state index in [1.54, 1.807) is 7.11 Å². The Morgan fingerprint density at radius 2 is 2.14 bits per heavy atom. The lowest BCUT2D eigenvalue weighted by molar-refractivity contribution is 0.414. The highest BCUT2D eigenvalue weighted by molar-refractivity contribution is 5.31. The van der Waals surface area contributed by atoms with Gasteiger partial charge >= 0.3 is 0 Å². The molecular weight excluding hydrogens is 260 g/mol. The maximum atomic E-state index is 5.28. The Balaban J connectivity index is 1.76. The van der Waals surface area contributed by atoms with Crippen molar-refractivity contribution in [1.82, 2.24) is 10.3 Å². The summed E-state index contributed by atoms with van der Waals surface area (Å²) in [6, 6.07) is 14.6. The monoisotopic (exact) mass is 282 g/mol. The minimum Gasteiger partial charge on any atom is -0.497 e. The SMILES string of the molecule is COc1cccc(Cc2cccc([C@H]3CCCNC3)n2)c1. The fourth-order valence-corrected chi connectivity index (χ4v) is 2.92. The van der Waals surface area contributed by atoms with E-state index in [0.717, 1.165) is 31.0 Å². The van der Waals surface area contributed by atoms with Gasteiger partial charge in [-0.3, -0.25) is 4.98 Å². The molecule has 2 heterocycles. The summed E-state index contributed by atoms with van der Waals surface area (Å²) in [6.45, 7) is 2.19. The van der Waals surface area contributed by atoms with E-state index in [0.29, 0.717) is 5.92 Å². The first-order valence-corrected chi connectivity index (χ1v) is 7.64. The van der Waals surface area contributed by atoms with Crippen molar-refractivity contribution in [2.75, 3.05) is 20.2 Å². The predicted molar refractivity (Wildman–Crippen MR) is 84.9 cm³/mol. The zero-order valence-electron chi connectivity index (χ0n) is 12.5. The lowest BCUT2D eigenvalue weighted by Gasteiger charge is -2.22. The van der Waals surface area contributed by atoms with E-state index in [9.17, 15) is 0 Å². The van der Waals surface area contributed by atoms with Crippen LogP contribution < -0.4 is 10.1 Å². The van der Waals surface area contributed by atoms with Gasteiger partial charge in [0.25, 0.3) is 0 Å². The second kappa shape index (κ2) is 6.72. The van der Waals surface area contributed by atoms with Gasteiger partial charge < -0.3 is 10.1 Å². The Hall–Kier alpha value is -1.87. The van der Waals surface area contributed by atoms with E-state index in [1.807, 2.05) is 12.1 Å². The molecule has 3 rings (SSSR count). The zero-order chi connectivity index (χ0) is 14.5. The number of piperidine rings is 1. The number of hydrogen-bond acceptors (Lipinski definition) is 3. The number of aromatic nitrogens is 1. The molecule has 1 atom stereocenters. The first kappa shape index (κ1) is 14.1. The zero-order valence-corrected chi connectivity index (χ0v) is 12.5. The summed E-state index contributed by atoms with van der Waals surface area (Å²) in [7, 11) is 1.70. The fourth-order valence-electron chi connectivity index (χ4n) is 2.92. The molecule has 0 radical (unpaired) electrons. The summed E-state index contributed by atoms with van der Waals surface area (Å²) >= 11 is 0. The minimum absolute atomic E-state index is 0.559. The van der Waals surface area contributed by atoms with Crippen LogP contribution >= 0.6 is 0 Å². The van der Waals surface area contributed by atoms with Crippen LogP contribution in [0.5, 0.6) is 5.75 Å².